The number of fused-ring (bicyclic) bond motifs is 5. The Morgan fingerprint density at radius 2 is 1.53 bits per heavy atom. The van der Waals surface area contributed by atoms with E-state index in [0.29, 0.717) is 38.5 Å². The van der Waals surface area contributed by atoms with E-state index in [-0.39, 0.29) is 49.2 Å². The molecule has 6 fully saturated rings. The molecule has 14 nitrogen and oxygen atoms in total. The van der Waals surface area contributed by atoms with Crippen LogP contribution in [0.25, 0.3) is 0 Å². The van der Waals surface area contributed by atoms with Gasteiger partial charge in [0, 0.05) is 24.2 Å². The normalized spacial score (nSPS) is 54.1. The molecule has 0 bridgehead atoms. The monoisotopic (exact) mass is 732 g/mol. The van der Waals surface area contributed by atoms with E-state index in [9.17, 15) is 51.1 Å². The molecular formula is C37H64O14. The summed E-state index contributed by atoms with van der Waals surface area (Å²) in [6, 6.07) is 0. The molecule has 6 aliphatic rings. The van der Waals surface area contributed by atoms with Crippen molar-refractivity contribution in [1.82, 2.24) is 0 Å². The highest BCUT2D eigenvalue weighted by molar-refractivity contribution is 5.24. The topological polar surface area (TPSA) is 239 Å². The van der Waals surface area contributed by atoms with Crippen LogP contribution in [0.5, 0.6) is 0 Å². The second kappa shape index (κ2) is 14.5. The molecule has 0 aromatic rings. The molecule has 4 saturated carbocycles. The van der Waals surface area contributed by atoms with Crippen molar-refractivity contribution < 1.29 is 70.0 Å². The predicted octanol–water partition coefficient (Wildman–Crippen LogP) is -0.463. The van der Waals surface area contributed by atoms with Gasteiger partial charge in [-0.15, -0.1) is 0 Å². The summed E-state index contributed by atoms with van der Waals surface area (Å²) in [5, 5.41) is 109. The molecule has 296 valence electrons. The number of aliphatic hydroxyl groups is 10. The molecule has 10 N–H and O–H groups in total. The molecule has 51 heavy (non-hydrogen) atoms. The van der Waals surface area contributed by atoms with Gasteiger partial charge < -0.3 is 70.0 Å². The molecule has 0 spiro atoms. The lowest BCUT2D eigenvalue weighted by Crippen LogP contribution is -2.75. The highest BCUT2D eigenvalue weighted by Crippen LogP contribution is 2.70. The molecule has 4 aliphatic carbocycles. The van der Waals surface area contributed by atoms with Crippen LogP contribution in [0.1, 0.15) is 92.4 Å². The SMILES string of the molecule is CC(C)C(CCC(C)C1CC(O)C2C1(C)CCC1C2(O)CC(O)C2(O)CC(O)CCC12C)OC1OC(CO)C(O)C1OC1OCC(O)C(O)C1O. The Balaban J connectivity index is 1.14. The van der Waals surface area contributed by atoms with Crippen LogP contribution in [0.2, 0.25) is 0 Å². The third kappa shape index (κ3) is 6.54. The van der Waals surface area contributed by atoms with Gasteiger partial charge in [-0.3, -0.25) is 0 Å². The molecule has 2 aliphatic heterocycles. The number of hydrogen-bond donors (Lipinski definition) is 10. The summed E-state index contributed by atoms with van der Waals surface area (Å²) < 4.78 is 23.6. The van der Waals surface area contributed by atoms with Gasteiger partial charge in [-0.1, -0.05) is 34.6 Å². The Labute approximate surface area is 300 Å². The lowest BCUT2D eigenvalue weighted by molar-refractivity contribution is -0.315. The van der Waals surface area contributed by atoms with Gasteiger partial charge in [0.15, 0.2) is 12.6 Å². The smallest absolute Gasteiger partial charge is 0.187 e. The Morgan fingerprint density at radius 3 is 2.20 bits per heavy atom. The minimum absolute atomic E-state index is 0.00569. The fourth-order valence-electron chi connectivity index (χ4n) is 11.9. The van der Waals surface area contributed by atoms with Crippen LogP contribution < -0.4 is 0 Å². The molecule has 6 rings (SSSR count). The number of aliphatic hydroxyl groups excluding tert-OH is 8. The second-order valence-electron chi connectivity index (χ2n) is 18.0. The standard InChI is InChI=1S/C37H64O14/c1-17(2)23(49-33-30(28(44)24(15-38)50-33)51-32-29(45)27(43)22(41)16-48-32)7-6-18(3)20-12-21(40)31-34(20,4)10-9-25-35(5)11-8-19(39)13-37(35,47)26(42)14-36(25,31)46/h17-33,38-47H,6-16H2,1-5H3. The molecule has 2 saturated heterocycles. The quantitative estimate of drug-likeness (QED) is 0.137. The average molecular weight is 733 g/mol. The van der Waals surface area contributed by atoms with Gasteiger partial charge in [0.25, 0.3) is 0 Å². The second-order valence-corrected chi connectivity index (χ2v) is 18.0. The highest BCUT2D eigenvalue weighted by atomic mass is 16.8. The van der Waals surface area contributed by atoms with Crippen molar-refractivity contribution >= 4 is 0 Å². The summed E-state index contributed by atoms with van der Waals surface area (Å²) in [5.74, 6) is -0.655. The van der Waals surface area contributed by atoms with Gasteiger partial charge in [0.2, 0.25) is 0 Å². The van der Waals surface area contributed by atoms with Crippen molar-refractivity contribution in [3.8, 4) is 0 Å². The Morgan fingerprint density at radius 1 is 0.824 bits per heavy atom. The highest BCUT2D eigenvalue weighted by Gasteiger charge is 2.74. The van der Waals surface area contributed by atoms with Crippen LogP contribution in [0.4, 0.5) is 0 Å². The van der Waals surface area contributed by atoms with E-state index in [1.54, 1.807) is 0 Å². The maximum absolute atomic E-state index is 12.6. The van der Waals surface area contributed by atoms with Gasteiger partial charge in [-0.25, -0.2) is 0 Å². The minimum Gasteiger partial charge on any atom is -0.394 e. The number of ether oxygens (including phenoxy) is 4. The summed E-state index contributed by atoms with van der Waals surface area (Å²) in [4.78, 5) is 0. The first-order chi connectivity index (χ1) is 23.8. The summed E-state index contributed by atoms with van der Waals surface area (Å²) in [6.07, 6.45) is -9.31. The Bertz CT molecular complexity index is 1210. The molecule has 0 aromatic heterocycles. The predicted molar refractivity (Wildman–Crippen MR) is 179 cm³/mol. The lowest BCUT2D eigenvalue weighted by atomic mass is 9.40. The minimum atomic E-state index is -1.59. The van der Waals surface area contributed by atoms with E-state index in [1.807, 2.05) is 20.8 Å². The molecule has 0 radical (unpaired) electrons. The maximum Gasteiger partial charge on any atom is 0.187 e. The third-order valence-electron chi connectivity index (χ3n) is 14.8. The van der Waals surface area contributed by atoms with E-state index in [0.717, 1.165) is 6.42 Å². The molecule has 20 unspecified atom stereocenters. The molecule has 0 aromatic carbocycles. The summed E-state index contributed by atoms with van der Waals surface area (Å²) in [5.41, 5.74) is -4.12. The average Bonchev–Trinajstić information content (AvgIpc) is 3.52. The van der Waals surface area contributed by atoms with E-state index in [4.69, 9.17) is 18.9 Å². The summed E-state index contributed by atoms with van der Waals surface area (Å²) >= 11 is 0. The van der Waals surface area contributed by atoms with E-state index < -0.39 is 102 Å². The third-order valence-corrected chi connectivity index (χ3v) is 14.8. The van der Waals surface area contributed by atoms with Crippen molar-refractivity contribution in [3.05, 3.63) is 0 Å². The van der Waals surface area contributed by atoms with Gasteiger partial charge in [0.05, 0.1) is 48.8 Å². The molecule has 20 atom stereocenters. The summed E-state index contributed by atoms with van der Waals surface area (Å²) in [7, 11) is 0. The first kappa shape index (κ1) is 40.1. The molecule has 0 amide bonds. The van der Waals surface area contributed by atoms with Crippen molar-refractivity contribution in [2.45, 2.75) is 177 Å². The molecular weight excluding hydrogens is 668 g/mol. The van der Waals surface area contributed by atoms with E-state index in [1.165, 1.54) is 0 Å². The largest absolute Gasteiger partial charge is 0.394 e. The van der Waals surface area contributed by atoms with Crippen LogP contribution in [-0.4, -0.2) is 149 Å². The van der Waals surface area contributed by atoms with Gasteiger partial charge in [-0.05, 0) is 74.0 Å². The first-order valence-corrected chi connectivity index (χ1v) is 19.2. The maximum atomic E-state index is 12.6. The zero-order valence-electron chi connectivity index (χ0n) is 30.7. The van der Waals surface area contributed by atoms with Crippen LogP contribution in [0, 0.1) is 40.4 Å². The van der Waals surface area contributed by atoms with E-state index in [2.05, 4.69) is 13.8 Å². The van der Waals surface area contributed by atoms with Crippen molar-refractivity contribution in [2.24, 2.45) is 40.4 Å². The van der Waals surface area contributed by atoms with Crippen molar-refractivity contribution in [1.29, 1.82) is 0 Å². The summed E-state index contributed by atoms with van der Waals surface area (Å²) in [6.45, 7) is 9.46. The van der Waals surface area contributed by atoms with E-state index >= 15 is 0 Å². The Hall–Kier alpha value is -0.560. The van der Waals surface area contributed by atoms with Crippen molar-refractivity contribution in [3.63, 3.8) is 0 Å². The lowest BCUT2D eigenvalue weighted by Gasteiger charge is -2.68. The van der Waals surface area contributed by atoms with Gasteiger partial charge >= 0.3 is 0 Å². The van der Waals surface area contributed by atoms with Crippen LogP contribution >= 0.6 is 0 Å². The van der Waals surface area contributed by atoms with Crippen LogP contribution in [0.3, 0.4) is 0 Å². The van der Waals surface area contributed by atoms with Crippen LogP contribution in [-0.2, 0) is 18.9 Å². The Kier molecular flexibility index (Phi) is 11.4. The molecule has 2 heterocycles. The number of hydrogen-bond acceptors (Lipinski definition) is 14. The fraction of sp³-hybridized carbons (Fsp3) is 1.00. The zero-order chi connectivity index (χ0) is 37.4. The van der Waals surface area contributed by atoms with Gasteiger partial charge in [0.1, 0.15) is 36.6 Å². The van der Waals surface area contributed by atoms with Crippen molar-refractivity contribution in [2.75, 3.05) is 13.2 Å². The fourth-order valence-corrected chi connectivity index (χ4v) is 11.9. The van der Waals surface area contributed by atoms with Gasteiger partial charge in [-0.2, -0.15) is 0 Å². The first-order valence-electron chi connectivity index (χ1n) is 19.2. The molecule has 14 heteroatoms. The van der Waals surface area contributed by atoms with Crippen LogP contribution in [0.15, 0.2) is 0 Å². The number of rotatable bonds is 10. The zero-order valence-corrected chi connectivity index (χ0v) is 30.7.